The molecular formula is C21H26F3N5O3. The molecule has 3 saturated heterocycles. The van der Waals surface area contributed by atoms with Crippen molar-refractivity contribution in [3.63, 3.8) is 0 Å². The summed E-state index contributed by atoms with van der Waals surface area (Å²) in [5.74, 6) is 0.196. The standard InChI is InChI=1S/C21H26F3N5O3/c22-21(23,24)17-8-25-14(7-26-17)5-13-1-3-20(6-13)11-29(12-20)19(31)28-4-2-16-15(9-28)27-18(30)10-32-16/h7-8,13,15-16H,1-6,9-12H2,(H,27,30)/t13-,15-,16+/m1/s1. The van der Waals surface area contributed by atoms with Crippen molar-refractivity contribution in [2.75, 3.05) is 32.8 Å². The lowest BCUT2D eigenvalue weighted by atomic mass is 9.77. The topological polar surface area (TPSA) is 87.7 Å². The molecule has 1 saturated carbocycles. The molecule has 1 spiro atoms. The van der Waals surface area contributed by atoms with Crippen molar-refractivity contribution in [3.8, 4) is 0 Å². The number of urea groups is 1. The van der Waals surface area contributed by atoms with Gasteiger partial charge in [0.15, 0.2) is 5.69 Å². The zero-order chi connectivity index (χ0) is 22.5. The van der Waals surface area contributed by atoms with Crippen molar-refractivity contribution < 1.29 is 27.5 Å². The number of piperidine rings is 1. The molecule has 32 heavy (non-hydrogen) atoms. The summed E-state index contributed by atoms with van der Waals surface area (Å²) in [6.45, 7) is 2.58. The van der Waals surface area contributed by atoms with Gasteiger partial charge < -0.3 is 19.9 Å². The molecule has 11 heteroatoms. The van der Waals surface area contributed by atoms with Crippen LogP contribution in [0.15, 0.2) is 12.4 Å². The highest BCUT2D eigenvalue weighted by molar-refractivity contribution is 5.79. The van der Waals surface area contributed by atoms with Crippen LogP contribution >= 0.6 is 0 Å². The van der Waals surface area contributed by atoms with Crippen LogP contribution in [-0.2, 0) is 22.1 Å². The first-order chi connectivity index (χ1) is 15.2. The number of carbonyl (C=O) groups excluding carboxylic acids is 2. The zero-order valence-electron chi connectivity index (χ0n) is 17.6. The lowest BCUT2D eigenvalue weighted by molar-refractivity contribution is -0.141. The zero-order valence-corrected chi connectivity index (χ0v) is 17.6. The Hall–Kier alpha value is -2.43. The second-order valence-electron chi connectivity index (χ2n) is 9.60. The lowest BCUT2D eigenvalue weighted by Gasteiger charge is -2.51. The van der Waals surface area contributed by atoms with Crippen LogP contribution in [0.5, 0.6) is 0 Å². The van der Waals surface area contributed by atoms with Gasteiger partial charge in [-0.15, -0.1) is 0 Å². The minimum Gasteiger partial charge on any atom is -0.366 e. The largest absolute Gasteiger partial charge is 0.434 e. The number of amides is 3. The second kappa shape index (κ2) is 7.86. The Kier molecular flexibility index (Phi) is 5.26. The normalized spacial score (nSPS) is 29.5. The summed E-state index contributed by atoms with van der Waals surface area (Å²) in [5.41, 5.74) is -0.298. The van der Waals surface area contributed by atoms with Crippen molar-refractivity contribution in [2.24, 2.45) is 11.3 Å². The molecule has 3 atom stereocenters. The Balaban J connectivity index is 1.11. The summed E-state index contributed by atoms with van der Waals surface area (Å²) in [7, 11) is 0. The fourth-order valence-corrected chi connectivity index (χ4v) is 5.66. The minimum atomic E-state index is -4.48. The Bertz CT molecular complexity index is 888. The van der Waals surface area contributed by atoms with Crippen molar-refractivity contribution in [1.29, 1.82) is 0 Å². The monoisotopic (exact) mass is 453 g/mol. The van der Waals surface area contributed by atoms with Crippen molar-refractivity contribution in [3.05, 3.63) is 23.8 Å². The Morgan fingerprint density at radius 3 is 2.75 bits per heavy atom. The van der Waals surface area contributed by atoms with E-state index in [0.717, 1.165) is 25.5 Å². The maximum atomic E-state index is 13.0. The molecule has 1 aromatic heterocycles. The number of hydrogen-bond donors (Lipinski definition) is 1. The highest BCUT2D eigenvalue weighted by Gasteiger charge is 2.51. The van der Waals surface area contributed by atoms with E-state index in [2.05, 4.69) is 15.3 Å². The summed E-state index contributed by atoms with van der Waals surface area (Å²) in [6.07, 6.45) is 1.76. The molecular weight excluding hydrogens is 427 g/mol. The van der Waals surface area contributed by atoms with Gasteiger partial charge in [0.2, 0.25) is 5.91 Å². The average Bonchev–Trinajstić information content (AvgIpc) is 3.15. The quantitative estimate of drug-likeness (QED) is 0.739. The predicted octanol–water partition coefficient (Wildman–Crippen LogP) is 1.85. The summed E-state index contributed by atoms with van der Waals surface area (Å²) >= 11 is 0. The molecule has 1 aliphatic carbocycles. The number of likely N-dealkylation sites (tertiary alicyclic amines) is 2. The van der Waals surface area contributed by atoms with Crippen LogP contribution in [0.25, 0.3) is 0 Å². The van der Waals surface area contributed by atoms with Gasteiger partial charge in [-0.1, -0.05) is 0 Å². The molecule has 174 valence electrons. The smallest absolute Gasteiger partial charge is 0.366 e. The summed E-state index contributed by atoms with van der Waals surface area (Å²) < 4.78 is 43.5. The van der Waals surface area contributed by atoms with Gasteiger partial charge in [-0.25, -0.2) is 9.78 Å². The lowest BCUT2D eigenvalue weighted by Crippen LogP contribution is -2.65. The summed E-state index contributed by atoms with van der Waals surface area (Å²) in [6, 6.07) is -0.143. The fraction of sp³-hybridized carbons (Fsp3) is 0.714. The van der Waals surface area contributed by atoms with Crippen LogP contribution in [0.4, 0.5) is 18.0 Å². The van der Waals surface area contributed by atoms with E-state index >= 15 is 0 Å². The van der Waals surface area contributed by atoms with E-state index in [1.54, 1.807) is 4.90 Å². The predicted molar refractivity (Wildman–Crippen MR) is 105 cm³/mol. The molecule has 0 radical (unpaired) electrons. The van der Waals surface area contributed by atoms with E-state index in [9.17, 15) is 22.8 Å². The van der Waals surface area contributed by atoms with Crippen molar-refractivity contribution in [2.45, 2.75) is 50.4 Å². The number of carbonyl (C=O) groups is 2. The van der Waals surface area contributed by atoms with Gasteiger partial charge >= 0.3 is 12.2 Å². The van der Waals surface area contributed by atoms with E-state index in [-0.39, 0.29) is 36.1 Å². The molecule has 5 rings (SSSR count). The van der Waals surface area contributed by atoms with Crippen LogP contribution in [0.1, 0.15) is 37.1 Å². The number of nitrogens with one attached hydrogen (secondary N) is 1. The summed E-state index contributed by atoms with van der Waals surface area (Å²) in [4.78, 5) is 35.6. The first-order valence-corrected chi connectivity index (χ1v) is 11.0. The van der Waals surface area contributed by atoms with Gasteiger partial charge in [0.25, 0.3) is 0 Å². The minimum absolute atomic E-state index is 0.00551. The number of ether oxygens (including phenoxy) is 1. The number of nitrogens with zero attached hydrogens (tertiary/aromatic N) is 4. The van der Waals surface area contributed by atoms with Gasteiger partial charge in [-0.3, -0.25) is 9.78 Å². The molecule has 4 aliphatic rings. The van der Waals surface area contributed by atoms with Crippen LogP contribution in [0.3, 0.4) is 0 Å². The third kappa shape index (κ3) is 4.14. The van der Waals surface area contributed by atoms with Gasteiger partial charge in [0, 0.05) is 37.8 Å². The van der Waals surface area contributed by atoms with Crippen LogP contribution in [-0.4, -0.2) is 76.6 Å². The third-order valence-corrected chi connectivity index (χ3v) is 7.22. The number of halogens is 3. The molecule has 3 amide bonds. The van der Waals surface area contributed by atoms with Crippen molar-refractivity contribution in [1.82, 2.24) is 25.1 Å². The molecule has 1 aromatic rings. The fourth-order valence-electron chi connectivity index (χ4n) is 5.66. The molecule has 0 aromatic carbocycles. The molecule has 0 unspecified atom stereocenters. The van der Waals surface area contributed by atoms with E-state index in [1.165, 1.54) is 6.20 Å². The average molecular weight is 453 g/mol. The first kappa shape index (κ1) is 21.4. The summed E-state index contributed by atoms with van der Waals surface area (Å²) in [5, 5.41) is 2.92. The number of morpholine rings is 1. The number of alkyl halides is 3. The third-order valence-electron chi connectivity index (χ3n) is 7.22. The molecule has 0 bridgehead atoms. The van der Waals surface area contributed by atoms with Crippen LogP contribution in [0.2, 0.25) is 0 Å². The van der Waals surface area contributed by atoms with Crippen molar-refractivity contribution >= 4 is 11.9 Å². The molecule has 3 aliphatic heterocycles. The van der Waals surface area contributed by atoms with Crippen LogP contribution < -0.4 is 5.32 Å². The van der Waals surface area contributed by atoms with E-state index in [4.69, 9.17) is 4.74 Å². The number of rotatable bonds is 2. The Morgan fingerprint density at radius 2 is 2.03 bits per heavy atom. The molecule has 1 N–H and O–H groups in total. The maximum Gasteiger partial charge on any atom is 0.434 e. The maximum absolute atomic E-state index is 13.0. The van der Waals surface area contributed by atoms with Crippen LogP contribution in [0, 0.1) is 11.3 Å². The highest BCUT2D eigenvalue weighted by Crippen LogP contribution is 2.49. The number of hydrogen-bond acceptors (Lipinski definition) is 5. The molecule has 8 nitrogen and oxygen atoms in total. The SMILES string of the molecule is O=C1CO[C@H]2CCN(C(=O)N3CC4(CC[C@H](Cc5cnc(C(F)(F)F)cn5)C4)C3)C[C@H]2N1. The van der Waals surface area contributed by atoms with Gasteiger partial charge in [-0.05, 0) is 38.0 Å². The first-order valence-electron chi connectivity index (χ1n) is 11.0. The Labute approximate surface area is 183 Å². The molecule has 4 fully saturated rings. The Morgan fingerprint density at radius 1 is 1.22 bits per heavy atom. The highest BCUT2D eigenvalue weighted by atomic mass is 19.4. The van der Waals surface area contributed by atoms with Gasteiger partial charge in [0.05, 0.1) is 24.0 Å². The van der Waals surface area contributed by atoms with E-state index in [0.29, 0.717) is 50.6 Å². The van der Waals surface area contributed by atoms with E-state index < -0.39 is 11.9 Å². The second-order valence-corrected chi connectivity index (χ2v) is 9.60. The number of fused-ring (bicyclic) bond motifs is 1. The van der Waals surface area contributed by atoms with E-state index in [1.807, 2.05) is 4.90 Å². The number of aromatic nitrogens is 2. The van der Waals surface area contributed by atoms with Gasteiger partial charge in [0.1, 0.15) is 6.61 Å². The molecule has 4 heterocycles. The van der Waals surface area contributed by atoms with Gasteiger partial charge in [-0.2, -0.15) is 13.2 Å².